The van der Waals surface area contributed by atoms with E-state index in [1.165, 1.54) is 14.7 Å². The smallest absolute Gasteiger partial charge is 0.148 e. The van der Waals surface area contributed by atoms with Crippen molar-refractivity contribution in [2.45, 2.75) is 11.9 Å². The first kappa shape index (κ1) is 13.3. The summed E-state index contributed by atoms with van der Waals surface area (Å²) in [6.07, 6.45) is 3.62. The van der Waals surface area contributed by atoms with E-state index >= 15 is 0 Å². The number of fused-ring (bicyclic) bond motifs is 1. The molecule has 1 aromatic carbocycles. The predicted molar refractivity (Wildman–Crippen MR) is 89.9 cm³/mol. The van der Waals surface area contributed by atoms with E-state index in [2.05, 4.69) is 57.7 Å². The molecule has 0 fully saturated rings. The van der Waals surface area contributed by atoms with Crippen LogP contribution in [0.3, 0.4) is 0 Å². The van der Waals surface area contributed by atoms with Crippen LogP contribution < -0.4 is 0 Å². The molecular weight excluding hydrogens is 389 g/mol. The van der Waals surface area contributed by atoms with Crippen LogP contribution in [0.5, 0.6) is 0 Å². The molecule has 2 heterocycles. The highest BCUT2D eigenvalue weighted by molar-refractivity contribution is 14.1. The Morgan fingerprint density at radius 1 is 1.26 bits per heavy atom. The summed E-state index contributed by atoms with van der Waals surface area (Å²) in [6, 6.07) is 6.41. The molecule has 0 bridgehead atoms. The maximum Gasteiger partial charge on any atom is 0.148 e. The first-order valence-electron chi connectivity index (χ1n) is 5.61. The van der Waals surface area contributed by atoms with Gasteiger partial charge in [-0.15, -0.1) is 11.8 Å². The number of aryl methyl sites for hydroxylation is 1. The summed E-state index contributed by atoms with van der Waals surface area (Å²) in [7, 11) is 0. The summed E-state index contributed by atoms with van der Waals surface area (Å²) >= 11 is 5.56. The van der Waals surface area contributed by atoms with Gasteiger partial charge in [0.25, 0.3) is 0 Å². The van der Waals surface area contributed by atoms with E-state index in [-0.39, 0.29) is 0 Å². The van der Waals surface area contributed by atoms with Crippen LogP contribution in [0.15, 0.2) is 29.6 Å². The van der Waals surface area contributed by atoms with Crippen molar-refractivity contribution in [2.24, 2.45) is 0 Å². The van der Waals surface area contributed by atoms with Gasteiger partial charge in [-0.05, 0) is 53.5 Å². The van der Waals surface area contributed by atoms with Gasteiger partial charge in [0, 0.05) is 9.13 Å². The first-order chi connectivity index (χ1) is 9.19. The number of rotatable bonds is 2. The molecule has 96 valence electrons. The molecule has 0 amide bonds. The van der Waals surface area contributed by atoms with Crippen molar-refractivity contribution in [3.8, 4) is 10.6 Å². The number of halogens is 1. The quantitative estimate of drug-likeness (QED) is 0.364. The highest BCUT2D eigenvalue weighted by atomic mass is 127. The monoisotopic (exact) mass is 399 g/mol. The van der Waals surface area contributed by atoms with Crippen molar-refractivity contribution in [2.75, 3.05) is 6.26 Å². The number of thiazole rings is 1. The van der Waals surface area contributed by atoms with Crippen molar-refractivity contribution in [3.05, 3.63) is 33.7 Å². The van der Waals surface area contributed by atoms with Gasteiger partial charge in [0.2, 0.25) is 0 Å². The summed E-state index contributed by atoms with van der Waals surface area (Å²) in [6.45, 7) is 2.11. The Labute approximate surface area is 133 Å². The van der Waals surface area contributed by atoms with E-state index in [1.54, 1.807) is 29.4 Å². The topological polar surface area (TPSA) is 38.7 Å². The van der Waals surface area contributed by atoms with E-state index in [9.17, 15) is 0 Å². The zero-order chi connectivity index (χ0) is 13.4. The highest BCUT2D eigenvalue weighted by Crippen LogP contribution is 2.34. The van der Waals surface area contributed by atoms with Gasteiger partial charge >= 0.3 is 0 Å². The highest BCUT2D eigenvalue weighted by Gasteiger charge is 2.13. The fraction of sp³-hybridized carbons (Fsp3) is 0.154. The zero-order valence-electron chi connectivity index (χ0n) is 10.3. The van der Waals surface area contributed by atoms with E-state index in [1.807, 2.05) is 6.26 Å². The normalized spacial score (nSPS) is 11.1. The lowest BCUT2D eigenvalue weighted by Gasteiger charge is -2.02. The number of aromatic nitrogens is 3. The van der Waals surface area contributed by atoms with Crippen molar-refractivity contribution < 1.29 is 0 Å². The second-order valence-electron chi connectivity index (χ2n) is 4.01. The van der Waals surface area contributed by atoms with Crippen LogP contribution in [0.2, 0.25) is 0 Å². The van der Waals surface area contributed by atoms with Crippen LogP contribution in [-0.2, 0) is 0 Å². The molecule has 6 heteroatoms. The number of benzene rings is 1. The summed E-state index contributed by atoms with van der Waals surface area (Å²) in [5.41, 5.74) is 3.33. The average Bonchev–Trinajstić information content (AvgIpc) is 2.85. The second kappa shape index (κ2) is 5.34. The van der Waals surface area contributed by atoms with Crippen molar-refractivity contribution in [1.82, 2.24) is 15.0 Å². The molecule has 0 radical (unpaired) electrons. The Balaban J connectivity index is 2.23. The van der Waals surface area contributed by atoms with E-state index in [4.69, 9.17) is 4.98 Å². The Morgan fingerprint density at radius 2 is 2.11 bits per heavy atom. The van der Waals surface area contributed by atoms with Crippen LogP contribution in [0, 0.1) is 10.5 Å². The molecule has 0 saturated carbocycles. The first-order valence-corrected chi connectivity index (χ1v) is 8.73. The minimum absolute atomic E-state index is 0.910. The van der Waals surface area contributed by atoms with Crippen molar-refractivity contribution in [3.63, 3.8) is 0 Å². The molecule has 0 saturated heterocycles. The Kier molecular flexibility index (Phi) is 3.72. The Morgan fingerprint density at radius 3 is 2.89 bits per heavy atom. The fourth-order valence-corrected chi connectivity index (χ4v) is 3.86. The summed E-state index contributed by atoms with van der Waals surface area (Å²) < 4.78 is 1.22. The zero-order valence-corrected chi connectivity index (χ0v) is 14.1. The maximum absolute atomic E-state index is 4.73. The lowest BCUT2D eigenvalue weighted by atomic mass is 10.1. The van der Waals surface area contributed by atoms with Crippen molar-refractivity contribution in [1.29, 1.82) is 0 Å². The van der Waals surface area contributed by atoms with E-state index < -0.39 is 0 Å². The van der Waals surface area contributed by atoms with Crippen molar-refractivity contribution >= 4 is 56.0 Å². The lowest BCUT2D eigenvalue weighted by Crippen LogP contribution is -1.85. The van der Waals surface area contributed by atoms with Crippen LogP contribution >= 0.6 is 45.7 Å². The molecule has 3 nitrogen and oxygen atoms in total. The molecule has 3 rings (SSSR count). The molecule has 0 aliphatic carbocycles. The summed E-state index contributed by atoms with van der Waals surface area (Å²) in [4.78, 5) is 14.3. The number of hydrogen-bond acceptors (Lipinski definition) is 5. The second-order valence-corrected chi connectivity index (χ2v) is 7.03. The van der Waals surface area contributed by atoms with Gasteiger partial charge in [0.1, 0.15) is 26.7 Å². The van der Waals surface area contributed by atoms with Crippen LogP contribution in [0.4, 0.5) is 0 Å². The molecule has 0 atom stereocenters. The fourth-order valence-electron chi connectivity index (χ4n) is 1.82. The van der Waals surface area contributed by atoms with E-state index in [0.29, 0.717) is 0 Å². The Bertz CT molecular complexity index is 755. The predicted octanol–water partition coefficient (Wildman–Crippen LogP) is 4.39. The minimum atomic E-state index is 0.910. The number of hydrogen-bond donors (Lipinski definition) is 0. The SMILES string of the molecule is CSc1ncnc2sc(-c3cc(I)ccc3C)nc12. The molecule has 0 N–H and O–H groups in total. The van der Waals surface area contributed by atoms with Crippen LogP contribution in [0.1, 0.15) is 5.56 Å². The summed E-state index contributed by atoms with van der Waals surface area (Å²) in [5, 5.41) is 1.96. The van der Waals surface area contributed by atoms with Gasteiger partial charge in [-0.25, -0.2) is 15.0 Å². The van der Waals surface area contributed by atoms with Crippen LogP contribution in [0.25, 0.3) is 20.9 Å². The molecule has 3 aromatic rings. The minimum Gasteiger partial charge on any atom is -0.231 e. The molecule has 2 aromatic heterocycles. The third-order valence-corrected chi connectivity index (χ3v) is 5.14. The average molecular weight is 399 g/mol. The van der Waals surface area contributed by atoms with Gasteiger partial charge in [0.05, 0.1) is 0 Å². The van der Waals surface area contributed by atoms with Gasteiger partial charge in [-0.1, -0.05) is 17.4 Å². The van der Waals surface area contributed by atoms with Gasteiger partial charge in [-0.2, -0.15) is 0 Å². The summed E-state index contributed by atoms with van der Waals surface area (Å²) in [5.74, 6) is 0. The molecular formula is C13H10IN3S2. The molecule has 0 spiro atoms. The third kappa shape index (κ3) is 2.48. The van der Waals surface area contributed by atoms with Gasteiger partial charge in [0.15, 0.2) is 0 Å². The lowest BCUT2D eigenvalue weighted by molar-refractivity contribution is 1.09. The van der Waals surface area contributed by atoms with Gasteiger partial charge < -0.3 is 0 Å². The number of nitrogens with zero attached hydrogens (tertiary/aromatic N) is 3. The third-order valence-electron chi connectivity index (χ3n) is 2.79. The Hall–Kier alpha value is -0.730. The number of thioether (sulfide) groups is 1. The maximum atomic E-state index is 4.73. The van der Waals surface area contributed by atoms with Crippen LogP contribution in [-0.4, -0.2) is 21.2 Å². The molecule has 0 aliphatic heterocycles. The molecule has 0 unspecified atom stereocenters. The standard InChI is InChI=1S/C13H10IN3S2/c1-7-3-4-8(14)5-9(7)11-17-10-12(18-2)15-6-16-13(10)19-11/h3-6H,1-2H3. The largest absolute Gasteiger partial charge is 0.231 e. The molecule has 19 heavy (non-hydrogen) atoms. The molecule has 0 aliphatic rings. The van der Waals surface area contributed by atoms with Gasteiger partial charge in [-0.3, -0.25) is 0 Å². The van der Waals surface area contributed by atoms with E-state index in [0.717, 1.165) is 20.4 Å².